The maximum Gasteiger partial charge on any atom is 0.151 e. The van der Waals surface area contributed by atoms with Crippen LogP contribution in [0.1, 0.15) is 6.92 Å². The molecule has 1 unspecified atom stereocenters. The van der Waals surface area contributed by atoms with Gasteiger partial charge in [0.15, 0.2) is 5.82 Å². The predicted octanol–water partition coefficient (Wildman–Crippen LogP) is 0.284. The van der Waals surface area contributed by atoms with E-state index in [1.54, 1.807) is 6.07 Å². The third kappa shape index (κ3) is 1.77. The number of nitrogen functional groups attached to an aromatic ring is 1. The van der Waals surface area contributed by atoms with Gasteiger partial charge in [-0.1, -0.05) is 0 Å². The number of anilines is 2. The molecule has 2 heterocycles. The Balaban J connectivity index is 2.16. The summed E-state index contributed by atoms with van der Waals surface area (Å²) < 4.78 is 5.34. The van der Waals surface area contributed by atoms with Gasteiger partial charge >= 0.3 is 0 Å². The van der Waals surface area contributed by atoms with Crippen LogP contribution >= 0.6 is 0 Å². The summed E-state index contributed by atoms with van der Waals surface area (Å²) in [5.74, 6) is 1.32. The molecule has 1 aromatic heterocycles. The van der Waals surface area contributed by atoms with Gasteiger partial charge in [0.05, 0.1) is 19.3 Å². The molecule has 2 rings (SSSR count). The molecule has 76 valence electrons. The van der Waals surface area contributed by atoms with Crippen LogP contribution in [-0.2, 0) is 4.74 Å². The Morgan fingerprint density at radius 1 is 1.50 bits per heavy atom. The quantitative estimate of drug-likeness (QED) is 0.695. The first-order chi connectivity index (χ1) is 6.77. The Morgan fingerprint density at radius 2 is 2.36 bits per heavy atom. The van der Waals surface area contributed by atoms with Crippen molar-refractivity contribution in [1.29, 1.82) is 0 Å². The summed E-state index contributed by atoms with van der Waals surface area (Å²) >= 11 is 0. The van der Waals surface area contributed by atoms with Crippen LogP contribution in [0.15, 0.2) is 12.1 Å². The monoisotopic (exact) mass is 194 g/mol. The van der Waals surface area contributed by atoms with Crippen LogP contribution in [0.25, 0.3) is 0 Å². The fourth-order valence-corrected chi connectivity index (χ4v) is 1.56. The Morgan fingerprint density at radius 3 is 3.00 bits per heavy atom. The zero-order valence-corrected chi connectivity index (χ0v) is 8.18. The zero-order valence-electron chi connectivity index (χ0n) is 8.18. The predicted molar refractivity (Wildman–Crippen MR) is 54.1 cm³/mol. The molecule has 1 saturated heterocycles. The van der Waals surface area contributed by atoms with Crippen molar-refractivity contribution in [3.8, 4) is 0 Å². The van der Waals surface area contributed by atoms with Gasteiger partial charge in [0, 0.05) is 6.54 Å². The number of hydrogen-bond donors (Lipinski definition) is 1. The van der Waals surface area contributed by atoms with E-state index in [1.807, 2.05) is 6.07 Å². The number of morpholine rings is 1. The van der Waals surface area contributed by atoms with Gasteiger partial charge < -0.3 is 15.4 Å². The number of aromatic nitrogens is 2. The molecule has 5 nitrogen and oxygen atoms in total. The molecule has 0 bridgehead atoms. The van der Waals surface area contributed by atoms with Gasteiger partial charge in [0.25, 0.3) is 0 Å². The summed E-state index contributed by atoms with van der Waals surface area (Å²) in [4.78, 5) is 2.18. The number of ether oxygens (including phenoxy) is 1. The first-order valence-electron chi connectivity index (χ1n) is 4.71. The lowest BCUT2D eigenvalue weighted by Crippen LogP contribution is -2.44. The van der Waals surface area contributed by atoms with Gasteiger partial charge in [0.1, 0.15) is 5.82 Å². The van der Waals surface area contributed by atoms with Crippen LogP contribution < -0.4 is 10.6 Å². The summed E-state index contributed by atoms with van der Waals surface area (Å²) in [7, 11) is 0. The van der Waals surface area contributed by atoms with Crippen molar-refractivity contribution in [2.75, 3.05) is 30.4 Å². The number of rotatable bonds is 1. The molecule has 14 heavy (non-hydrogen) atoms. The van der Waals surface area contributed by atoms with E-state index in [0.29, 0.717) is 11.9 Å². The van der Waals surface area contributed by atoms with E-state index in [2.05, 4.69) is 22.0 Å². The van der Waals surface area contributed by atoms with E-state index >= 15 is 0 Å². The summed E-state index contributed by atoms with van der Waals surface area (Å²) in [6.07, 6.45) is 0. The molecule has 5 heteroatoms. The van der Waals surface area contributed by atoms with Gasteiger partial charge in [-0.2, -0.15) is 0 Å². The molecular formula is C9H14N4O. The van der Waals surface area contributed by atoms with Crippen molar-refractivity contribution in [2.45, 2.75) is 13.0 Å². The van der Waals surface area contributed by atoms with Crippen LogP contribution in [0, 0.1) is 0 Å². The largest absolute Gasteiger partial charge is 0.382 e. The fourth-order valence-electron chi connectivity index (χ4n) is 1.56. The maximum atomic E-state index is 5.47. The van der Waals surface area contributed by atoms with E-state index in [-0.39, 0.29) is 0 Å². The highest BCUT2D eigenvalue weighted by Crippen LogP contribution is 2.16. The van der Waals surface area contributed by atoms with Crippen molar-refractivity contribution in [1.82, 2.24) is 10.2 Å². The lowest BCUT2D eigenvalue weighted by molar-refractivity contribution is 0.0984. The van der Waals surface area contributed by atoms with E-state index in [4.69, 9.17) is 10.5 Å². The SMILES string of the molecule is CC1COCCN1c1ccc(N)nn1. The summed E-state index contributed by atoms with van der Waals surface area (Å²) in [5.41, 5.74) is 5.47. The van der Waals surface area contributed by atoms with Crippen molar-refractivity contribution in [3.05, 3.63) is 12.1 Å². The molecule has 0 amide bonds. The van der Waals surface area contributed by atoms with Crippen LogP contribution in [0.5, 0.6) is 0 Å². The van der Waals surface area contributed by atoms with E-state index < -0.39 is 0 Å². The van der Waals surface area contributed by atoms with Gasteiger partial charge in [-0.3, -0.25) is 0 Å². The molecule has 1 atom stereocenters. The van der Waals surface area contributed by atoms with Gasteiger partial charge in [-0.15, -0.1) is 10.2 Å². The highest BCUT2D eigenvalue weighted by Gasteiger charge is 2.19. The number of hydrogen-bond acceptors (Lipinski definition) is 5. The Labute approximate surface area is 82.9 Å². The molecule has 0 spiro atoms. The third-order valence-corrected chi connectivity index (χ3v) is 2.33. The highest BCUT2D eigenvalue weighted by molar-refractivity contribution is 5.42. The number of nitrogens with zero attached hydrogens (tertiary/aromatic N) is 3. The molecule has 0 aromatic carbocycles. The number of nitrogens with two attached hydrogens (primary N) is 1. The molecule has 1 aliphatic heterocycles. The van der Waals surface area contributed by atoms with Crippen LogP contribution in [0.2, 0.25) is 0 Å². The Hall–Kier alpha value is -1.36. The maximum absolute atomic E-state index is 5.47. The zero-order chi connectivity index (χ0) is 9.97. The second-order valence-corrected chi connectivity index (χ2v) is 3.43. The molecule has 1 aromatic rings. The molecule has 1 fully saturated rings. The summed E-state index contributed by atoms with van der Waals surface area (Å²) in [5, 5.41) is 7.88. The van der Waals surface area contributed by atoms with Crippen molar-refractivity contribution in [2.24, 2.45) is 0 Å². The van der Waals surface area contributed by atoms with Crippen LogP contribution in [0.4, 0.5) is 11.6 Å². The van der Waals surface area contributed by atoms with E-state index in [1.165, 1.54) is 0 Å². The lowest BCUT2D eigenvalue weighted by Gasteiger charge is -2.33. The topological polar surface area (TPSA) is 64.3 Å². The molecule has 0 radical (unpaired) electrons. The molecular weight excluding hydrogens is 180 g/mol. The van der Waals surface area contributed by atoms with Gasteiger partial charge in [-0.25, -0.2) is 0 Å². The minimum absolute atomic E-state index is 0.349. The van der Waals surface area contributed by atoms with E-state index in [9.17, 15) is 0 Å². The first-order valence-corrected chi connectivity index (χ1v) is 4.71. The average molecular weight is 194 g/mol. The summed E-state index contributed by atoms with van der Waals surface area (Å²) in [6, 6.07) is 4.01. The van der Waals surface area contributed by atoms with Crippen molar-refractivity contribution >= 4 is 11.6 Å². The highest BCUT2D eigenvalue weighted by atomic mass is 16.5. The molecule has 2 N–H and O–H groups in total. The molecule has 0 saturated carbocycles. The first kappa shape index (κ1) is 9.21. The lowest BCUT2D eigenvalue weighted by atomic mass is 10.2. The van der Waals surface area contributed by atoms with E-state index in [0.717, 1.165) is 25.6 Å². The standard InChI is InChI=1S/C9H14N4O/c1-7-6-14-5-4-13(7)9-3-2-8(10)11-12-9/h2-3,7H,4-6H2,1H3,(H2,10,11). The Kier molecular flexibility index (Phi) is 2.49. The fraction of sp³-hybridized carbons (Fsp3) is 0.556. The average Bonchev–Trinajstić information content (AvgIpc) is 2.20. The summed E-state index contributed by atoms with van der Waals surface area (Å²) in [6.45, 7) is 4.46. The molecule has 1 aliphatic rings. The normalized spacial score (nSPS) is 22.4. The van der Waals surface area contributed by atoms with Gasteiger partial charge in [-0.05, 0) is 19.1 Å². The second kappa shape index (κ2) is 3.79. The Bertz CT molecular complexity index is 300. The molecule has 0 aliphatic carbocycles. The van der Waals surface area contributed by atoms with Crippen LogP contribution in [-0.4, -0.2) is 36.0 Å². The van der Waals surface area contributed by atoms with Crippen molar-refractivity contribution in [3.63, 3.8) is 0 Å². The second-order valence-electron chi connectivity index (χ2n) is 3.43. The van der Waals surface area contributed by atoms with Crippen LogP contribution in [0.3, 0.4) is 0 Å². The third-order valence-electron chi connectivity index (χ3n) is 2.33. The van der Waals surface area contributed by atoms with Gasteiger partial charge in [0.2, 0.25) is 0 Å². The smallest absolute Gasteiger partial charge is 0.151 e. The minimum atomic E-state index is 0.349. The van der Waals surface area contributed by atoms with Crippen molar-refractivity contribution < 1.29 is 4.74 Å². The minimum Gasteiger partial charge on any atom is -0.382 e.